The van der Waals surface area contributed by atoms with Crippen molar-refractivity contribution in [3.05, 3.63) is 39.9 Å². The number of hydrogen-bond donors (Lipinski definition) is 2. The minimum absolute atomic E-state index is 0.163. The number of benzene rings is 1. The van der Waals surface area contributed by atoms with E-state index in [9.17, 15) is 14.4 Å². The molecule has 1 unspecified atom stereocenters. The van der Waals surface area contributed by atoms with Crippen molar-refractivity contribution in [2.75, 3.05) is 20.4 Å². The van der Waals surface area contributed by atoms with Gasteiger partial charge in [-0.05, 0) is 45.1 Å². The molecule has 37 heavy (non-hydrogen) atoms. The van der Waals surface area contributed by atoms with Gasteiger partial charge in [0.25, 0.3) is 0 Å². The van der Waals surface area contributed by atoms with E-state index in [0.717, 1.165) is 11.1 Å². The van der Waals surface area contributed by atoms with Crippen molar-refractivity contribution < 1.29 is 33.3 Å². The smallest absolute Gasteiger partial charge is 0.410 e. The standard InChI is InChI=1S/C24H28BrN5O7/c1-12(2)20(28-23(32)34-3)22(31)30-10-15(6-16(30)21-26-7-19(25)27-21)37-24(33)29-8-13-4-17-18(36-11-35-17)5-14(13)9-29/h4-5,7,12,15-16,20H,6,8-11H2,1-3H3,(H,26,27)(H,28,32)/t15?,16-,20-/m0/s1. The SMILES string of the molecule is COC(=O)N[C@H](C(=O)N1CC(OC(=O)N2Cc3cc4c(cc3C2)OCO4)C[C@H]1c1nc(Br)c[nH]1)C(C)C. The number of nitrogens with one attached hydrogen (secondary N) is 2. The Morgan fingerprint density at radius 1 is 1.19 bits per heavy atom. The molecule has 2 N–H and O–H groups in total. The molecule has 3 aliphatic heterocycles. The van der Waals surface area contributed by atoms with Gasteiger partial charge in [-0.2, -0.15) is 0 Å². The monoisotopic (exact) mass is 577 g/mol. The number of carbonyl (C=O) groups is 3. The maximum atomic E-state index is 13.6. The Balaban J connectivity index is 1.30. The zero-order valence-electron chi connectivity index (χ0n) is 20.7. The zero-order valence-corrected chi connectivity index (χ0v) is 22.2. The van der Waals surface area contributed by atoms with Crippen LogP contribution in [0.4, 0.5) is 9.59 Å². The topological polar surface area (TPSA) is 135 Å². The number of methoxy groups -OCH3 is 1. The molecule has 4 heterocycles. The van der Waals surface area contributed by atoms with Crippen LogP contribution in [0.1, 0.15) is 43.3 Å². The van der Waals surface area contributed by atoms with Crippen LogP contribution in [0.15, 0.2) is 22.9 Å². The van der Waals surface area contributed by atoms with E-state index in [1.165, 1.54) is 7.11 Å². The lowest BCUT2D eigenvalue weighted by molar-refractivity contribution is -0.135. The molecule has 0 saturated carbocycles. The molecule has 3 aliphatic rings. The minimum atomic E-state index is -0.817. The number of aromatic amines is 1. The largest absolute Gasteiger partial charge is 0.454 e. The number of hydrogen-bond acceptors (Lipinski definition) is 8. The zero-order chi connectivity index (χ0) is 26.3. The van der Waals surface area contributed by atoms with Crippen molar-refractivity contribution in [2.24, 2.45) is 5.92 Å². The van der Waals surface area contributed by atoms with Gasteiger partial charge in [-0.15, -0.1) is 0 Å². The molecule has 12 nitrogen and oxygen atoms in total. The van der Waals surface area contributed by atoms with Crippen LogP contribution in [0.5, 0.6) is 11.5 Å². The Hall–Kier alpha value is -3.48. The van der Waals surface area contributed by atoms with Gasteiger partial charge in [0.2, 0.25) is 12.7 Å². The van der Waals surface area contributed by atoms with Gasteiger partial charge in [0.1, 0.15) is 22.6 Å². The van der Waals surface area contributed by atoms with Gasteiger partial charge < -0.3 is 34.1 Å². The molecule has 3 amide bonds. The van der Waals surface area contributed by atoms with Gasteiger partial charge in [-0.25, -0.2) is 14.6 Å². The van der Waals surface area contributed by atoms with E-state index in [2.05, 4.69) is 31.2 Å². The molecule has 1 saturated heterocycles. The Morgan fingerprint density at radius 3 is 2.43 bits per heavy atom. The molecule has 5 rings (SSSR count). The number of rotatable bonds is 5. The van der Waals surface area contributed by atoms with Crippen LogP contribution < -0.4 is 14.8 Å². The van der Waals surface area contributed by atoms with Crippen molar-refractivity contribution in [1.29, 1.82) is 0 Å². The maximum Gasteiger partial charge on any atom is 0.410 e. The van der Waals surface area contributed by atoms with Crippen molar-refractivity contribution in [3.63, 3.8) is 0 Å². The van der Waals surface area contributed by atoms with Gasteiger partial charge in [-0.1, -0.05) is 13.8 Å². The number of alkyl carbamates (subject to hydrolysis) is 1. The third-order valence-electron chi connectivity index (χ3n) is 6.76. The van der Waals surface area contributed by atoms with E-state index in [0.29, 0.717) is 41.4 Å². The fourth-order valence-corrected chi connectivity index (χ4v) is 5.19. The van der Waals surface area contributed by atoms with E-state index < -0.39 is 30.4 Å². The van der Waals surface area contributed by atoms with Crippen LogP contribution in [0.3, 0.4) is 0 Å². The first-order valence-corrected chi connectivity index (χ1v) is 12.8. The molecule has 0 aliphatic carbocycles. The average Bonchev–Trinajstić information content (AvgIpc) is 3.65. The molecule has 0 radical (unpaired) electrons. The number of carbonyl (C=O) groups excluding carboxylic acids is 3. The second-order valence-corrected chi connectivity index (χ2v) is 10.4. The summed E-state index contributed by atoms with van der Waals surface area (Å²) in [5.41, 5.74) is 1.97. The number of amides is 3. The summed E-state index contributed by atoms with van der Waals surface area (Å²) in [7, 11) is 1.25. The average molecular weight is 578 g/mol. The van der Waals surface area contributed by atoms with Gasteiger partial charge in [0.15, 0.2) is 11.5 Å². The minimum Gasteiger partial charge on any atom is -0.454 e. The van der Waals surface area contributed by atoms with Crippen LogP contribution >= 0.6 is 15.9 Å². The number of fused-ring (bicyclic) bond motifs is 2. The van der Waals surface area contributed by atoms with Crippen molar-refractivity contribution >= 4 is 34.0 Å². The Kier molecular flexibility index (Phi) is 6.88. The van der Waals surface area contributed by atoms with E-state index in [-0.39, 0.29) is 25.2 Å². The lowest BCUT2D eigenvalue weighted by atomic mass is 10.0. The maximum absolute atomic E-state index is 13.6. The lowest BCUT2D eigenvalue weighted by Crippen LogP contribution is -2.51. The van der Waals surface area contributed by atoms with Gasteiger partial charge in [-0.3, -0.25) is 9.69 Å². The highest BCUT2D eigenvalue weighted by molar-refractivity contribution is 9.10. The molecular weight excluding hydrogens is 550 g/mol. The molecule has 1 aromatic heterocycles. The first kappa shape index (κ1) is 25.2. The first-order valence-electron chi connectivity index (χ1n) is 12.0. The molecule has 1 fully saturated rings. The van der Waals surface area contributed by atoms with E-state index in [1.807, 2.05) is 26.0 Å². The summed E-state index contributed by atoms with van der Waals surface area (Å²) >= 11 is 3.34. The fourth-order valence-electron chi connectivity index (χ4n) is 4.88. The van der Waals surface area contributed by atoms with E-state index in [1.54, 1.807) is 16.0 Å². The van der Waals surface area contributed by atoms with Crippen molar-refractivity contribution in [3.8, 4) is 11.5 Å². The van der Waals surface area contributed by atoms with Crippen molar-refractivity contribution in [1.82, 2.24) is 25.1 Å². The highest BCUT2D eigenvalue weighted by Gasteiger charge is 2.43. The summed E-state index contributed by atoms with van der Waals surface area (Å²) in [6.07, 6.45) is 0.316. The number of nitrogens with zero attached hydrogens (tertiary/aromatic N) is 3. The van der Waals surface area contributed by atoms with Gasteiger partial charge >= 0.3 is 12.2 Å². The second-order valence-electron chi connectivity index (χ2n) is 9.54. The molecule has 0 spiro atoms. The summed E-state index contributed by atoms with van der Waals surface area (Å²) < 4.78 is 22.1. The summed E-state index contributed by atoms with van der Waals surface area (Å²) in [4.78, 5) is 49.3. The molecule has 0 bridgehead atoms. The Morgan fingerprint density at radius 2 is 1.86 bits per heavy atom. The lowest BCUT2D eigenvalue weighted by Gasteiger charge is -2.29. The molecule has 13 heteroatoms. The highest BCUT2D eigenvalue weighted by Crippen LogP contribution is 2.39. The molecule has 198 valence electrons. The first-order chi connectivity index (χ1) is 17.7. The molecular formula is C24H28BrN5O7. The summed E-state index contributed by atoms with van der Waals surface area (Å²) in [6, 6.07) is 2.51. The third kappa shape index (κ3) is 5.04. The number of ether oxygens (including phenoxy) is 4. The number of likely N-dealkylation sites (tertiary alicyclic amines) is 1. The summed E-state index contributed by atoms with van der Waals surface area (Å²) in [5.74, 6) is 1.40. The van der Waals surface area contributed by atoms with Crippen LogP contribution in [0, 0.1) is 5.92 Å². The normalized spacial score (nSPS) is 20.7. The number of aromatic nitrogens is 2. The number of halogens is 1. The van der Waals surface area contributed by atoms with Crippen LogP contribution in [0.2, 0.25) is 0 Å². The van der Waals surface area contributed by atoms with Gasteiger partial charge in [0, 0.05) is 25.7 Å². The Bertz CT molecular complexity index is 1190. The predicted molar refractivity (Wildman–Crippen MR) is 132 cm³/mol. The quantitative estimate of drug-likeness (QED) is 0.553. The van der Waals surface area contributed by atoms with Crippen LogP contribution in [-0.2, 0) is 27.4 Å². The molecule has 3 atom stereocenters. The molecule has 2 aromatic rings. The molecule has 1 aromatic carbocycles. The summed E-state index contributed by atoms with van der Waals surface area (Å²) in [6.45, 7) is 4.82. The fraction of sp³-hybridized carbons (Fsp3) is 0.500. The van der Waals surface area contributed by atoms with Crippen LogP contribution in [-0.4, -0.2) is 70.5 Å². The van der Waals surface area contributed by atoms with E-state index >= 15 is 0 Å². The third-order valence-corrected chi connectivity index (χ3v) is 7.17. The van der Waals surface area contributed by atoms with Gasteiger partial charge in [0.05, 0.1) is 19.7 Å². The highest BCUT2D eigenvalue weighted by atomic mass is 79.9. The van der Waals surface area contributed by atoms with Crippen LogP contribution in [0.25, 0.3) is 0 Å². The number of imidazole rings is 1. The number of H-pyrrole nitrogens is 1. The Labute approximate surface area is 221 Å². The second kappa shape index (κ2) is 10.1. The van der Waals surface area contributed by atoms with Crippen molar-refractivity contribution in [2.45, 2.75) is 51.5 Å². The van der Waals surface area contributed by atoms with E-state index in [4.69, 9.17) is 18.9 Å². The predicted octanol–water partition coefficient (Wildman–Crippen LogP) is 3.08. The summed E-state index contributed by atoms with van der Waals surface area (Å²) in [5, 5.41) is 2.62.